The Morgan fingerprint density at radius 3 is 2.60 bits per heavy atom. The maximum Gasteiger partial charge on any atom is 0.265 e. The molecular weight excluding hydrogens is 297 g/mol. The zero-order valence-electron chi connectivity index (χ0n) is 10.8. The van der Waals surface area contributed by atoms with Gasteiger partial charge >= 0.3 is 0 Å². The van der Waals surface area contributed by atoms with Crippen LogP contribution in [0.15, 0.2) is 48.5 Å². The van der Waals surface area contributed by atoms with Gasteiger partial charge in [0, 0.05) is 10.7 Å². The van der Waals surface area contributed by atoms with Crippen LogP contribution in [0.5, 0.6) is 5.75 Å². The van der Waals surface area contributed by atoms with Crippen molar-refractivity contribution < 1.29 is 9.53 Å². The van der Waals surface area contributed by atoms with Gasteiger partial charge in [0.25, 0.3) is 5.91 Å². The average molecular weight is 310 g/mol. The summed E-state index contributed by atoms with van der Waals surface area (Å²) in [6.45, 7) is 1.66. The van der Waals surface area contributed by atoms with E-state index in [1.165, 1.54) is 0 Å². The highest BCUT2D eigenvalue weighted by Crippen LogP contribution is 2.24. The lowest BCUT2D eigenvalue weighted by molar-refractivity contribution is -0.122. The monoisotopic (exact) mass is 309 g/mol. The molecule has 3 nitrogen and oxygen atoms in total. The molecule has 1 N–H and O–H groups in total. The molecule has 0 saturated carbocycles. The van der Waals surface area contributed by atoms with Crippen LogP contribution in [0.25, 0.3) is 0 Å². The van der Waals surface area contributed by atoms with Crippen LogP contribution in [0.2, 0.25) is 10.0 Å². The molecule has 104 valence electrons. The highest BCUT2D eigenvalue weighted by atomic mass is 35.5. The first kappa shape index (κ1) is 14.7. The van der Waals surface area contributed by atoms with Gasteiger partial charge in [-0.3, -0.25) is 4.79 Å². The van der Waals surface area contributed by atoms with Crippen molar-refractivity contribution in [2.75, 3.05) is 5.32 Å². The molecule has 0 fully saturated rings. The first-order valence-electron chi connectivity index (χ1n) is 6.04. The van der Waals surface area contributed by atoms with Crippen molar-refractivity contribution in [3.8, 4) is 5.75 Å². The summed E-state index contributed by atoms with van der Waals surface area (Å²) in [6, 6.07) is 13.9. The predicted molar refractivity (Wildman–Crippen MR) is 81.6 cm³/mol. The van der Waals surface area contributed by atoms with Crippen molar-refractivity contribution in [2.45, 2.75) is 13.0 Å². The summed E-state index contributed by atoms with van der Waals surface area (Å²) < 4.78 is 5.53. The number of amides is 1. The summed E-state index contributed by atoms with van der Waals surface area (Å²) in [5, 5.41) is 3.76. The average Bonchev–Trinajstić information content (AvgIpc) is 2.41. The van der Waals surface area contributed by atoms with Crippen molar-refractivity contribution in [1.29, 1.82) is 0 Å². The first-order chi connectivity index (χ1) is 9.56. The number of rotatable bonds is 4. The van der Waals surface area contributed by atoms with E-state index in [0.717, 1.165) is 0 Å². The van der Waals surface area contributed by atoms with Crippen LogP contribution in [0.1, 0.15) is 6.92 Å². The number of nitrogens with one attached hydrogen (secondary N) is 1. The summed E-state index contributed by atoms with van der Waals surface area (Å²) in [4.78, 5) is 12.0. The van der Waals surface area contributed by atoms with E-state index in [2.05, 4.69) is 5.32 Å². The maximum absolute atomic E-state index is 12.0. The molecule has 1 amide bonds. The molecule has 0 bridgehead atoms. The number of ether oxygens (including phenoxy) is 1. The first-order valence-corrected chi connectivity index (χ1v) is 6.79. The molecule has 0 aliphatic heterocycles. The van der Waals surface area contributed by atoms with E-state index in [4.69, 9.17) is 27.9 Å². The smallest absolute Gasteiger partial charge is 0.265 e. The van der Waals surface area contributed by atoms with Gasteiger partial charge in [-0.25, -0.2) is 0 Å². The standard InChI is InChI=1S/C15H13Cl2NO2/c1-10(20-14-8-3-2-7-13(14)17)15(19)18-12-6-4-5-11(16)9-12/h2-10H,1H3,(H,18,19)/t10-/m1/s1. The van der Waals surface area contributed by atoms with Crippen molar-refractivity contribution >= 4 is 34.8 Å². The van der Waals surface area contributed by atoms with Crippen molar-refractivity contribution in [2.24, 2.45) is 0 Å². The van der Waals surface area contributed by atoms with Crippen LogP contribution in [-0.2, 0) is 4.79 Å². The lowest BCUT2D eigenvalue weighted by Crippen LogP contribution is -2.30. The second kappa shape index (κ2) is 6.64. The molecule has 0 aromatic heterocycles. The fourth-order valence-electron chi connectivity index (χ4n) is 1.59. The number of hydrogen-bond donors (Lipinski definition) is 1. The summed E-state index contributed by atoms with van der Waals surface area (Å²) >= 11 is 11.8. The van der Waals surface area contributed by atoms with Gasteiger partial charge in [-0.1, -0.05) is 41.4 Å². The Morgan fingerprint density at radius 2 is 1.90 bits per heavy atom. The molecule has 0 aliphatic rings. The zero-order chi connectivity index (χ0) is 14.5. The van der Waals surface area contributed by atoms with Crippen molar-refractivity contribution in [1.82, 2.24) is 0 Å². The van der Waals surface area contributed by atoms with Gasteiger partial charge in [0.05, 0.1) is 5.02 Å². The molecule has 20 heavy (non-hydrogen) atoms. The minimum atomic E-state index is -0.672. The Bertz CT molecular complexity index is 616. The van der Waals surface area contributed by atoms with E-state index >= 15 is 0 Å². The van der Waals surface area contributed by atoms with E-state index in [0.29, 0.717) is 21.5 Å². The number of halogens is 2. The molecule has 0 heterocycles. The van der Waals surface area contributed by atoms with Crippen LogP contribution < -0.4 is 10.1 Å². The third kappa shape index (κ3) is 3.89. The normalized spacial score (nSPS) is 11.8. The molecule has 1 atom stereocenters. The van der Waals surface area contributed by atoms with Crippen LogP contribution in [0, 0.1) is 0 Å². The molecule has 0 spiro atoms. The highest BCUT2D eigenvalue weighted by Gasteiger charge is 2.16. The van der Waals surface area contributed by atoms with Crippen LogP contribution in [0.4, 0.5) is 5.69 Å². The SMILES string of the molecule is C[C@@H](Oc1ccccc1Cl)C(=O)Nc1cccc(Cl)c1. The number of para-hydroxylation sites is 1. The number of carbonyl (C=O) groups excluding carboxylic acids is 1. The third-order valence-corrected chi connectivity index (χ3v) is 3.15. The van der Waals surface area contributed by atoms with Gasteiger partial charge in [-0.15, -0.1) is 0 Å². The van der Waals surface area contributed by atoms with Gasteiger partial charge in [-0.05, 0) is 37.3 Å². The molecule has 5 heteroatoms. The van der Waals surface area contributed by atoms with Crippen molar-refractivity contribution in [3.63, 3.8) is 0 Å². The zero-order valence-corrected chi connectivity index (χ0v) is 12.3. The number of hydrogen-bond acceptors (Lipinski definition) is 2. The molecule has 0 radical (unpaired) electrons. The Hall–Kier alpha value is -1.71. The fraction of sp³-hybridized carbons (Fsp3) is 0.133. The van der Waals surface area contributed by atoms with Gasteiger partial charge in [0.1, 0.15) is 5.75 Å². The lowest BCUT2D eigenvalue weighted by Gasteiger charge is -2.15. The minimum absolute atomic E-state index is 0.271. The van der Waals surface area contributed by atoms with Crippen LogP contribution in [-0.4, -0.2) is 12.0 Å². The third-order valence-electron chi connectivity index (χ3n) is 2.60. The van der Waals surface area contributed by atoms with E-state index in [-0.39, 0.29) is 5.91 Å². The van der Waals surface area contributed by atoms with Crippen LogP contribution >= 0.6 is 23.2 Å². The number of benzene rings is 2. The molecule has 0 unspecified atom stereocenters. The molecule has 0 saturated heterocycles. The highest BCUT2D eigenvalue weighted by molar-refractivity contribution is 6.32. The number of carbonyl (C=O) groups is 1. The topological polar surface area (TPSA) is 38.3 Å². The van der Waals surface area contributed by atoms with E-state index < -0.39 is 6.10 Å². The van der Waals surface area contributed by atoms with Gasteiger partial charge in [0.2, 0.25) is 0 Å². The van der Waals surface area contributed by atoms with E-state index in [1.807, 2.05) is 0 Å². The quantitative estimate of drug-likeness (QED) is 0.909. The fourth-order valence-corrected chi connectivity index (χ4v) is 1.96. The second-order valence-electron chi connectivity index (χ2n) is 4.19. The summed E-state index contributed by atoms with van der Waals surface area (Å²) in [6.07, 6.45) is -0.672. The molecule has 0 aliphatic carbocycles. The molecule has 2 aromatic rings. The van der Waals surface area contributed by atoms with E-state index in [1.54, 1.807) is 55.5 Å². The van der Waals surface area contributed by atoms with Crippen LogP contribution in [0.3, 0.4) is 0 Å². The maximum atomic E-state index is 12.0. The van der Waals surface area contributed by atoms with Crippen molar-refractivity contribution in [3.05, 3.63) is 58.6 Å². The number of anilines is 1. The molecular formula is C15H13Cl2NO2. The van der Waals surface area contributed by atoms with Gasteiger partial charge in [-0.2, -0.15) is 0 Å². The molecule has 2 rings (SSSR count). The molecule has 2 aromatic carbocycles. The second-order valence-corrected chi connectivity index (χ2v) is 5.03. The Balaban J connectivity index is 2.01. The summed E-state index contributed by atoms with van der Waals surface area (Å²) in [5.74, 6) is 0.204. The Kier molecular flexibility index (Phi) is 4.88. The summed E-state index contributed by atoms with van der Waals surface area (Å²) in [5.41, 5.74) is 0.622. The Labute approximate surface area is 127 Å². The predicted octanol–water partition coefficient (Wildman–Crippen LogP) is 4.40. The largest absolute Gasteiger partial charge is 0.479 e. The Morgan fingerprint density at radius 1 is 1.15 bits per heavy atom. The van der Waals surface area contributed by atoms with Gasteiger partial charge in [0.15, 0.2) is 6.10 Å². The minimum Gasteiger partial charge on any atom is -0.479 e. The summed E-state index contributed by atoms with van der Waals surface area (Å²) in [7, 11) is 0. The lowest BCUT2D eigenvalue weighted by atomic mass is 10.3. The van der Waals surface area contributed by atoms with E-state index in [9.17, 15) is 4.79 Å². The van der Waals surface area contributed by atoms with Gasteiger partial charge < -0.3 is 10.1 Å².